The van der Waals surface area contributed by atoms with Crippen LogP contribution < -0.4 is 0 Å². The van der Waals surface area contributed by atoms with Crippen molar-refractivity contribution in [2.75, 3.05) is 0 Å². The van der Waals surface area contributed by atoms with Crippen LogP contribution in [0.5, 0.6) is 0 Å². The summed E-state index contributed by atoms with van der Waals surface area (Å²) in [6.07, 6.45) is 1.84. The van der Waals surface area contributed by atoms with E-state index in [1.54, 1.807) is 0 Å². The van der Waals surface area contributed by atoms with Crippen molar-refractivity contribution in [2.45, 2.75) is 0 Å². The molecule has 1 aliphatic rings. The first-order valence-electron chi connectivity index (χ1n) is 8.78. The first kappa shape index (κ1) is 15.5. The fraction of sp³-hybridized carbons (Fsp3) is 0. The number of ether oxygens (including phenoxy) is 1. The zero-order chi connectivity index (χ0) is 18.2. The number of aliphatic imine (C=N–C) groups is 1. The first-order chi connectivity index (χ1) is 13.3. The Morgan fingerprint density at radius 3 is 2.00 bits per heavy atom. The van der Waals surface area contributed by atoms with E-state index in [1.807, 2.05) is 60.7 Å². The molecule has 4 aromatic rings. The molecule has 0 aromatic heterocycles. The van der Waals surface area contributed by atoms with E-state index in [0.29, 0.717) is 11.6 Å². The average molecular weight is 349 g/mol. The Labute approximate surface area is 156 Å². The van der Waals surface area contributed by atoms with E-state index < -0.39 is 5.97 Å². The fourth-order valence-corrected chi connectivity index (χ4v) is 3.45. The zero-order valence-electron chi connectivity index (χ0n) is 14.4. The van der Waals surface area contributed by atoms with Gasteiger partial charge in [-0.15, -0.1) is 0 Å². The summed E-state index contributed by atoms with van der Waals surface area (Å²) >= 11 is 0. The summed E-state index contributed by atoms with van der Waals surface area (Å²) < 4.78 is 5.40. The van der Waals surface area contributed by atoms with E-state index in [-0.39, 0.29) is 0 Å². The molecule has 3 heteroatoms. The highest BCUT2D eigenvalue weighted by atomic mass is 16.6. The van der Waals surface area contributed by atoms with Gasteiger partial charge in [-0.3, -0.25) is 0 Å². The summed E-state index contributed by atoms with van der Waals surface area (Å²) in [5, 5.41) is 4.42. The highest BCUT2D eigenvalue weighted by Crippen LogP contribution is 2.31. The summed E-state index contributed by atoms with van der Waals surface area (Å²) in [7, 11) is 0. The fourth-order valence-electron chi connectivity index (χ4n) is 3.45. The van der Waals surface area contributed by atoms with Gasteiger partial charge in [0, 0.05) is 5.56 Å². The van der Waals surface area contributed by atoms with Crippen molar-refractivity contribution < 1.29 is 9.53 Å². The number of cyclic esters (lactones) is 1. The van der Waals surface area contributed by atoms with Crippen LogP contribution >= 0.6 is 0 Å². The predicted molar refractivity (Wildman–Crippen MR) is 109 cm³/mol. The second kappa shape index (κ2) is 6.22. The molecule has 1 aliphatic heterocycles. The summed E-state index contributed by atoms with van der Waals surface area (Å²) in [4.78, 5) is 16.9. The molecule has 0 saturated carbocycles. The Kier molecular flexibility index (Phi) is 3.58. The van der Waals surface area contributed by atoms with Crippen LogP contribution in [-0.4, -0.2) is 11.9 Å². The summed E-state index contributed by atoms with van der Waals surface area (Å²) in [6.45, 7) is 0. The molecule has 0 amide bonds. The van der Waals surface area contributed by atoms with Gasteiger partial charge >= 0.3 is 5.97 Å². The molecule has 128 valence electrons. The predicted octanol–water partition coefficient (Wildman–Crippen LogP) is 5.34. The largest absolute Gasteiger partial charge is 0.402 e. The van der Waals surface area contributed by atoms with Crippen molar-refractivity contribution in [3.8, 4) is 0 Å². The van der Waals surface area contributed by atoms with Crippen LogP contribution in [0.4, 0.5) is 0 Å². The Morgan fingerprint density at radius 2 is 1.33 bits per heavy atom. The van der Waals surface area contributed by atoms with Crippen LogP contribution in [0, 0.1) is 0 Å². The van der Waals surface area contributed by atoms with Gasteiger partial charge in [-0.05, 0) is 51.4 Å². The molecule has 0 aliphatic carbocycles. The molecule has 0 atom stereocenters. The van der Waals surface area contributed by atoms with E-state index in [1.165, 1.54) is 0 Å². The summed E-state index contributed by atoms with van der Waals surface area (Å²) in [5.41, 5.74) is 2.08. The third kappa shape index (κ3) is 2.70. The normalized spacial score (nSPS) is 15.3. The molecule has 0 N–H and O–H groups in total. The van der Waals surface area contributed by atoms with Gasteiger partial charge in [0.1, 0.15) is 0 Å². The van der Waals surface area contributed by atoms with Crippen molar-refractivity contribution in [3.05, 3.63) is 102 Å². The Bertz CT molecular complexity index is 1200. The van der Waals surface area contributed by atoms with Crippen molar-refractivity contribution in [1.82, 2.24) is 0 Å². The number of nitrogens with zero attached hydrogens (tertiary/aromatic N) is 1. The van der Waals surface area contributed by atoms with Crippen molar-refractivity contribution in [3.63, 3.8) is 0 Å². The Hall–Kier alpha value is -3.72. The topological polar surface area (TPSA) is 38.7 Å². The smallest absolute Gasteiger partial charge is 0.363 e. The van der Waals surface area contributed by atoms with Crippen molar-refractivity contribution in [1.29, 1.82) is 0 Å². The molecule has 0 radical (unpaired) electrons. The maximum Gasteiger partial charge on any atom is 0.363 e. The number of esters is 1. The lowest BCUT2D eigenvalue weighted by Gasteiger charge is -2.08. The summed E-state index contributed by atoms with van der Waals surface area (Å²) in [6, 6.07) is 28.0. The standard InChI is InChI=1S/C24H15NO2/c26-24-22(25-23(27-24)16-8-2-1-3-9-16)15-21-19-12-6-4-10-17(19)14-18-11-5-7-13-20(18)21/h1-15H. The van der Waals surface area contributed by atoms with Crippen LogP contribution in [0.25, 0.3) is 27.6 Å². The van der Waals surface area contributed by atoms with Gasteiger partial charge in [-0.1, -0.05) is 66.7 Å². The van der Waals surface area contributed by atoms with Crippen LogP contribution in [-0.2, 0) is 9.53 Å². The van der Waals surface area contributed by atoms with Crippen LogP contribution in [0.3, 0.4) is 0 Å². The monoisotopic (exact) mass is 349 g/mol. The molecular formula is C24H15NO2. The maximum absolute atomic E-state index is 12.4. The minimum atomic E-state index is -0.425. The number of hydrogen-bond acceptors (Lipinski definition) is 3. The number of carbonyl (C=O) groups excluding carboxylic acids is 1. The van der Waals surface area contributed by atoms with Gasteiger partial charge in [-0.25, -0.2) is 9.79 Å². The molecule has 0 spiro atoms. The SMILES string of the molecule is O=C1OC(c2ccccc2)=NC1=Cc1c2ccccc2cc2ccccc12. The van der Waals surface area contributed by atoms with E-state index >= 15 is 0 Å². The molecule has 0 unspecified atom stereocenters. The minimum Gasteiger partial charge on any atom is -0.402 e. The molecule has 4 aromatic carbocycles. The molecule has 27 heavy (non-hydrogen) atoms. The third-order valence-corrected chi connectivity index (χ3v) is 4.74. The molecule has 5 rings (SSSR count). The van der Waals surface area contributed by atoms with E-state index in [9.17, 15) is 4.79 Å². The van der Waals surface area contributed by atoms with Gasteiger partial charge in [-0.2, -0.15) is 0 Å². The molecule has 0 fully saturated rings. The van der Waals surface area contributed by atoms with Crippen LogP contribution in [0.1, 0.15) is 11.1 Å². The quantitative estimate of drug-likeness (QED) is 0.278. The lowest BCUT2D eigenvalue weighted by molar-refractivity contribution is -0.129. The number of benzene rings is 4. The number of hydrogen-bond donors (Lipinski definition) is 0. The second-order valence-electron chi connectivity index (χ2n) is 6.43. The molecule has 3 nitrogen and oxygen atoms in total. The first-order valence-corrected chi connectivity index (χ1v) is 8.78. The van der Waals surface area contributed by atoms with E-state index in [4.69, 9.17) is 4.74 Å². The lowest BCUT2D eigenvalue weighted by atomic mass is 9.96. The van der Waals surface area contributed by atoms with Gasteiger partial charge in [0.25, 0.3) is 0 Å². The third-order valence-electron chi connectivity index (χ3n) is 4.74. The van der Waals surface area contributed by atoms with Crippen molar-refractivity contribution in [2.24, 2.45) is 4.99 Å². The number of rotatable bonds is 2. The van der Waals surface area contributed by atoms with E-state index in [2.05, 4.69) is 35.3 Å². The van der Waals surface area contributed by atoms with Gasteiger partial charge < -0.3 is 4.74 Å². The highest BCUT2D eigenvalue weighted by molar-refractivity contribution is 6.15. The van der Waals surface area contributed by atoms with Crippen LogP contribution in [0.15, 0.2) is 95.6 Å². The Balaban J connectivity index is 1.73. The molecule has 0 saturated heterocycles. The van der Waals surface area contributed by atoms with Gasteiger partial charge in [0.05, 0.1) is 0 Å². The highest BCUT2D eigenvalue weighted by Gasteiger charge is 2.24. The second-order valence-corrected chi connectivity index (χ2v) is 6.43. The van der Waals surface area contributed by atoms with E-state index in [0.717, 1.165) is 32.7 Å². The molecule has 0 bridgehead atoms. The number of fused-ring (bicyclic) bond motifs is 2. The molecular weight excluding hydrogens is 334 g/mol. The maximum atomic E-state index is 12.4. The van der Waals surface area contributed by atoms with Crippen molar-refractivity contribution >= 4 is 39.5 Å². The lowest BCUT2D eigenvalue weighted by Crippen LogP contribution is -2.04. The zero-order valence-corrected chi connectivity index (χ0v) is 14.4. The summed E-state index contributed by atoms with van der Waals surface area (Å²) in [5.74, 6) is -0.0812. The van der Waals surface area contributed by atoms with Crippen LogP contribution in [0.2, 0.25) is 0 Å². The number of carbonyl (C=O) groups is 1. The Morgan fingerprint density at radius 1 is 0.741 bits per heavy atom. The molecule has 1 heterocycles. The minimum absolute atomic E-state index is 0.315. The average Bonchev–Trinajstić information content (AvgIpc) is 3.09. The van der Waals surface area contributed by atoms with Gasteiger partial charge in [0.2, 0.25) is 5.90 Å². The van der Waals surface area contributed by atoms with Gasteiger partial charge in [0.15, 0.2) is 5.70 Å².